The molecule has 0 unspecified atom stereocenters. The highest BCUT2D eigenvalue weighted by molar-refractivity contribution is 7.71. The highest BCUT2D eigenvalue weighted by Crippen LogP contribution is 2.26. The number of hydrogen-bond acceptors (Lipinski definition) is 2. The van der Waals surface area contributed by atoms with Gasteiger partial charge in [0.05, 0.1) is 5.52 Å². The first-order valence-electron chi connectivity index (χ1n) is 5.16. The molecule has 1 aromatic carbocycles. The summed E-state index contributed by atoms with van der Waals surface area (Å²) in [6, 6.07) is 2.35. The zero-order valence-corrected chi connectivity index (χ0v) is 10.6. The van der Waals surface area contributed by atoms with Crippen molar-refractivity contribution in [2.24, 2.45) is 5.73 Å². The Morgan fingerprint density at radius 1 is 1.44 bits per heavy atom. The molecule has 0 bridgehead atoms. The van der Waals surface area contributed by atoms with Crippen LogP contribution in [-0.4, -0.2) is 15.5 Å². The molecule has 1 heterocycles. The van der Waals surface area contributed by atoms with Gasteiger partial charge in [0.15, 0.2) is 16.4 Å². The first-order chi connectivity index (χ1) is 8.26. The third kappa shape index (κ3) is 1.62. The Kier molecular flexibility index (Phi) is 2.73. The van der Waals surface area contributed by atoms with E-state index in [2.05, 4.69) is 4.98 Å². The van der Waals surface area contributed by atoms with Gasteiger partial charge in [0, 0.05) is 0 Å². The predicted molar refractivity (Wildman–Crippen MR) is 65.6 cm³/mol. The molecule has 0 radical (unpaired) electrons. The third-order valence-electron chi connectivity index (χ3n) is 2.90. The average molecular weight is 271 g/mol. The monoisotopic (exact) mass is 271 g/mol. The van der Waals surface area contributed by atoms with Crippen LogP contribution in [0.3, 0.4) is 0 Å². The number of fused-ring (bicyclic) bond motifs is 1. The fraction of sp³-hybridized carbons (Fsp3) is 0.273. The van der Waals surface area contributed by atoms with Gasteiger partial charge in [-0.1, -0.05) is 0 Å². The Hall–Kier alpha value is -1.76. The number of nitrogens with one attached hydrogen (secondary N) is 1. The number of halogens is 2. The molecule has 0 aliphatic heterocycles. The number of nitrogens with zero attached hydrogens (tertiary/aromatic N) is 1. The van der Waals surface area contributed by atoms with Gasteiger partial charge in [0.2, 0.25) is 5.91 Å². The van der Waals surface area contributed by atoms with E-state index < -0.39 is 23.1 Å². The summed E-state index contributed by atoms with van der Waals surface area (Å²) in [7, 11) is 0. The number of benzene rings is 1. The molecular formula is C11H11F2N3OS. The number of carbonyl (C=O) groups is 1. The lowest BCUT2D eigenvalue weighted by Crippen LogP contribution is -2.41. The zero-order chi connectivity index (χ0) is 13.7. The van der Waals surface area contributed by atoms with E-state index in [1.807, 2.05) is 0 Å². The topological polar surface area (TPSA) is 63.8 Å². The number of rotatable bonds is 2. The molecule has 4 nitrogen and oxygen atoms in total. The van der Waals surface area contributed by atoms with Crippen molar-refractivity contribution >= 4 is 29.2 Å². The predicted octanol–water partition coefficient (Wildman–Crippen LogP) is 2.20. The molecule has 0 saturated carbocycles. The number of carbonyl (C=O) groups excluding carboxylic acids is 1. The van der Waals surface area contributed by atoms with Gasteiger partial charge in [-0.2, -0.15) is 0 Å². The molecular weight excluding hydrogens is 260 g/mol. The summed E-state index contributed by atoms with van der Waals surface area (Å²) in [5, 5.41) is 0. The van der Waals surface area contributed by atoms with Crippen LogP contribution in [0.25, 0.3) is 11.0 Å². The number of imidazole rings is 1. The maximum atomic E-state index is 13.9. The SMILES string of the molecule is CC(C)(C(N)=O)n1c(=S)[nH]c2ccc(F)c(F)c21. The molecule has 96 valence electrons. The third-order valence-corrected chi connectivity index (χ3v) is 3.18. The fourth-order valence-electron chi connectivity index (χ4n) is 1.78. The molecule has 7 heteroatoms. The van der Waals surface area contributed by atoms with Gasteiger partial charge in [0.1, 0.15) is 11.1 Å². The normalized spacial score (nSPS) is 12.0. The van der Waals surface area contributed by atoms with Crippen LogP contribution in [0, 0.1) is 16.4 Å². The van der Waals surface area contributed by atoms with Gasteiger partial charge >= 0.3 is 0 Å². The number of hydrogen-bond donors (Lipinski definition) is 2. The van der Waals surface area contributed by atoms with E-state index in [4.69, 9.17) is 18.0 Å². The van der Waals surface area contributed by atoms with Crippen LogP contribution in [0.15, 0.2) is 12.1 Å². The van der Waals surface area contributed by atoms with Gasteiger partial charge < -0.3 is 10.7 Å². The minimum atomic E-state index is -1.26. The molecule has 0 aliphatic carbocycles. The Morgan fingerprint density at radius 2 is 2.06 bits per heavy atom. The van der Waals surface area contributed by atoms with E-state index in [9.17, 15) is 13.6 Å². The molecule has 0 fully saturated rings. The quantitative estimate of drug-likeness (QED) is 0.822. The van der Waals surface area contributed by atoms with Crippen molar-refractivity contribution in [1.29, 1.82) is 0 Å². The maximum Gasteiger partial charge on any atom is 0.243 e. The van der Waals surface area contributed by atoms with Crippen LogP contribution in [0.5, 0.6) is 0 Å². The van der Waals surface area contributed by atoms with Crippen LogP contribution in [-0.2, 0) is 10.3 Å². The largest absolute Gasteiger partial charge is 0.368 e. The van der Waals surface area contributed by atoms with Crippen LogP contribution < -0.4 is 5.73 Å². The van der Waals surface area contributed by atoms with E-state index in [-0.39, 0.29) is 10.3 Å². The zero-order valence-electron chi connectivity index (χ0n) is 9.75. The summed E-state index contributed by atoms with van der Waals surface area (Å²) in [4.78, 5) is 14.2. The summed E-state index contributed by atoms with van der Waals surface area (Å²) in [6.07, 6.45) is 0. The van der Waals surface area contributed by atoms with Gasteiger partial charge in [-0.05, 0) is 38.2 Å². The Labute approximate surface area is 106 Å². The standard InChI is InChI=1S/C11H11F2N3OS/c1-11(2,9(14)17)16-8-6(15-10(16)18)4-3-5(12)7(8)13/h3-4H,1-2H3,(H2,14,17)(H,15,18). The Morgan fingerprint density at radius 3 is 2.61 bits per heavy atom. The lowest BCUT2D eigenvalue weighted by atomic mass is 10.0. The number of H-pyrrole nitrogens is 1. The molecule has 0 atom stereocenters. The van der Waals surface area contributed by atoms with Gasteiger partial charge in [-0.25, -0.2) is 8.78 Å². The maximum absolute atomic E-state index is 13.9. The molecule has 3 N–H and O–H groups in total. The van der Waals surface area contributed by atoms with E-state index in [0.717, 1.165) is 6.07 Å². The van der Waals surface area contributed by atoms with Crippen LogP contribution >= 0.6 is 12.2 Å². The van der Waals surface area contributed by atoms with E-state index >= 15 is 0 Å². The first kappa shape index (κ1) is 12.7. The number of aromatic nitrogens is 2. The molecule has 0 spiro atoms. The van der Waals surface area contributed by atoms with Crippen molar-refractivity contribution in [2.45, 2.75) is 19.4 Å². The summed E-state index contributed by atoms with van der Waals surface area (Å²) >= 11 is 5.03. The molecule has 1 amide bonds. The molecule has 1 aromatic heterocycles. The molecule has 2 aromatic rings. The second-order valence-electron chi connectivity index (χ2n) is 4.45. The summed E-state index contributed by atoms with van der Waals surface area (Å²) in [6.45, 7) is 2.98. The minimum Gasteiger partial charge on any atom is -0.368 e. The highest BCUT2D eigenvalue weighted by Gasteiger charge is 2.31. The van der Waals surface area contributed by atoms with E-state index in [1.165, 1.54) is 24.5 Å². The Balaban J connectivity index is 2.95. The molecule has 18 heavy (non-hydrogen) atoms. The van der Waals surface area contributed by atoms with Gasteiger partial charge in [-0.15, -0.1) is 0 Å². The smallest absolute Gasteiger partial charge is 0.243 e. The van der Waals surface area contributed by atoms with Crippen molar-refractivity contribution < 1.29 is 13.6 Å². The number of amides is 1. The molecule has 0 aliphatic rings. The van der Waals surface area contributed by atoms with Crippen molar-refractivity contribution in [2.75, 3.05) is 0 Å². The highest BCUT2D eigenvalue weighted by atomic mass is 32.1. The van der Waals surface area contributed by atoms with Crippen LogP contribution in [0.4, 0.5) is 8.78 Å². The number of aromatic amines is 1. The number of primary amides is 1. The van der Waals surface area contributed by atoms with Gasteiger partial charge in [0.25, 0.3) is 0 Å². The van der Waals surface area contributed by atoms with E-state index in [0.29, 0.717) is 5.52 Å². The van der Waals surface area contributed by atoms with Crippen molar-refractivity contribution in [3.63, 3.8) is 0 Å². The van der Waals surface area contributed by atoms with Gasteiger partial charge in [-0.3, -0.25) is 9.36 Å². The van der Waals surface area contributed by atoms with Crippen molar-refractivity contribution in [3.05, 3.63) is 28.5 Å². The molecule has 2 rings (SSSR count). The second-order valence-corrected chi connectivity index (χ2v) is 4.83. The van der Waals surface area contributed by atoms with Crippen LogP contribution in [0.2, 0.25) is 0 Å². The van der Waals surface area contributed by atoms with Crippen LogP contribution in [0.1, 0.15) is 13.8 Å². The van der Waals surface area contributed by atoms with Crippen molar-refractivity contribution in [3.8, 4) is 0 Å². The molecule has 0 saturated heterocycles. The second kappa shape index (κ2) is 3.88. The summed E-state index contributed by atoms with van der Waals surface area (Å²) < 4.78 is 28.4. The fourth-order valence-corrected chi connectivity index (χ4v) is 2.21. The van der Waals surface area contributed by atoms with E-state index in [1.54, 1.807) is 0 Å². The first-order valence-corrected chi connectivity index (χ1v) is 5.56. The summed E-state index contributed by atoms with van der Waals surface area (Å²) in [5.74, 6) is -2.76. The lowest BCUT2D eigenvalue weighted by Gasteiger charge is -2.23. The average Bonchev–Trinajstić information content (AvgIpc) is 2.61. The summed E-state index contributed by atoms with van der Waals surface area (Å²) in [5.41, 5.74) is 4.23. The van der Waals surface area contributed by atoms with Crippen molar-refractivity contribution in [1.82, 2.24) is 9.55 Å². The Bertz CT molecular complexity index is 702. The minimum absolute atomic E-state index is 0.0937. The lowest BCUT2D eigenvalue weighted by molar-refractivity contribution is -0.124. The number of nitrogens with two attached hydrogens (primary N) is 1.